The van der Waals surface area contributed by atoms with Crippen molar-refractivity contribution in [3.8, 4) is 17.2 Å². The van der Waals surface area contributed by atoms with Crippen LogP contribution in [0.4, 0.5) is 4.39 Å². The van der Waals surface area contributed by atoms with Crippen LogP contribution in [-0.4, -0.2) is 37.2 Å². The third-order valence-electron chi connectivity index (χ3n) is 4.56. The lowest BCUT2D eigenvalue weighted by Crippen LogP contribution is -2.41. The molecule has 0 aliphatic heterocycles. The van der Waals surface area contributed by atoms with Crippen LogP contribution in [0, 0.1) is 5.82 Å². The summed E-state index contributed by atoms with van der Waals surface area (Å²) >= 11 is 0. The molecule has 2 aromatic carbocycles. The first-order chi connectivity index (χ1) is 13.0. The third-order valence-corrected chi connectivity index (χ3v) is 4.56. The van der Waals surface area contributed by atoms with Gasteiger partial charge in [-0.25, -0.2) is 4.39 Å². The highest BCUT2D eigenvalue weighted by atomic mass is 19.1. The smallest absolute Gasteiger partial charge is 0.263 e. The van der Waals surface area contributed by atoms with Crippen molar-refractivity contribution in [2.45, 2.75) is 38.5 Å². The monoisotopic (exact) mass is 373 g/mol. The summed E-state index contributed by atoms with van der Waals surface area (Å²) in [6.07, 6.45) is 1.21. The number of methoxy groups -OCH3 is 2. The fraction of sp³-hybridized carbons (Fsp3) is 0.381. The van der Waals surface area contributed by atoms with E-state index in [-0.39, 0.29) is 11.9 Å². The Morgan fingerprint density at radius 1 is 1.15 bits per heavy atom. The quantitative estimate of drug-likeness (QED) is 0.706. The van der Waals surface area contributed by atoms with Gasteiger partial charge in [0.15, 0.2) is 6.10 Å². The summed E-state index contributed by atoms with van der Waals surface area (Å²) < 4.78 is 29.7. The molecule has 27 heavy (non-hydrogen) atoms. The highest BCUT2D eigenvalue weighted by Crippen LogP contribution is 2.32. The number of halogens is 1. The molecule has 2 aromatic rings. The van der Waals surface area contributed by atoms with Crippen molar-refractivity contribution < 1.29 is 23.4 Å². The molecular formula is C21H24FNO4. The lowest BCUT2D eigenvalue weighted by atomic mass is 10.1. The van der Waals surface area contributed by atoms with Gasteiger partial charge in [0.2, 0.25) is 0 Å². The maximum absolute atomic E-state index is 13.4. The molecule has 6 heteroatoms. The van der Waals surface area contributed by atoms with Crippen molar-refractivity contribution in [3.63, 3.8) is 0 Å². The molecule has 3 rings (SSSR count). The minimum Gasteiger partial charge on any atom is -0.497 e. The summed E-state index contributed by atoms with van der Waals surface area (Å²) in [5.74, 6) is 1.22. The Bertz CT molecular complexity index is 807. The SMILES string of the molecule is COc1ccc(OC)c(CN(C(=O)C(C)Oc2cccc(F)c2)C2CC2)c1. The second kappa shape index (κ2) is 8.29. The fourth-order valence-electron chi connectivity index (χ4n) is 2.99. The topological polar surface area (TPSA) is 48.0 Å². The molecule has 1 aliphatic carbocycles. The number of benzene rings is 2. The van der Waals surface area contributed by atoms with Gasteiger partial charge in [0.25, 0.3) is 5.91 Å². The molecule has 0 aromatic heterocycles. The Balaban J connectivity index is 1.76. The Kier molecular flexibility index (Phi) is 5.84. The van der Waals surface area contributed by atoms with Crippen molar-refractivity contribution >= 4 is 5.91 Å². The van der Waals surface area contributed by atoms with Crippen molar-refractivity contribution in [1.82, 2.24) is 4.90 Å². The maximum Gasteiger partial charge on any atom is 0.263 e. The van der Waals surface area contributed by atoms with Crippen LogP contribution < -0.4 is 14.2 Å². The molecule has 1 saturated carbocycles. The first-order valence-corrected chi connectivity index (χ1v) is 8.95. The van der Waals surface area contributed by atoms with Gasteiger partial charge < -0.3 is 19.1 Å². The molecular weight excluding hydrogens is 349 g/mol. The second-order valence-corrected chi connectivity index (χ2v) is 6.59. The van der Waals surface area contributed by atoms with Gasteiger partial charge in [0.1, 0.15) is 23.1 Å². The molecule has 0 bridgehead atoms. The summed E-state index contributed by atoms with van der Waals surface area (Å²) in [6, 6.07) is 11.5. The first kappa shape index (κ1) is 19.0. The van der Waals surface area contributed by atoms with E-state index in [0.29, 0.717) is 23.8 Å². The molecule has 1 unspecified atom stereocenters. The van der Waals surface area contributed by atoms with Gasteiger partial charge in [0.05, 0.1) is 14.2 Å². The van der Waals surface area contributed by atoms with Gasteiger partial charge in [-0.05, 0) is 50.1 Å². The molecule has 1 amide bonds. The molecule has 0 radical (unpaired) electrons. The molecule has 1 atom stereocenters. The van der Waals surface area contributed by atoms with Crippen molar-refractivity contribution in [2.24, 2.45) is 0 Å². The molecule has 1 fully saturated rings. The van der Waals surface area contributed by atoms with E-state index in [0.717, 1.165) is 18.4 Å². The van der Waals surface area contributed by atoms with E-state index in [2.05, 4.69) is 0 Å². The highest BCUT2D eigenvalue weighted by Gasteiger charge is 2.35. The minimum absolute atomic E-state index is 0.133. The number of carbonyl (C=O) groups is 1. The van der Waals surface area contributed by atoms with Crippen molar-refractivity contribution in [2.75, 3.05) is 14.2 Å². The summed E-state index contributed by atoms with van der Waals surface area (Å²) in [5.41, 5.74) is 0.870. The van der Waals surface area contributed by atoms with Crippen LogP contribution >= 0.6 is 0 Å². The lowest BCUT2D eigenvalue weighted by Gasteiger charge is -2.27. The number of nitrogens with zero attached hydrogens (tertiary/aromatic N) is 1. The predicted molar refractivity (Wildman–Crippen MR) is 99.6 cm³/mol. The van der Waals surface area contributed by atoms with Crippen LogP contribution in [0.2, 0.25) is 0 Å². The average molecular weight is 373 g/mol. The number of rotatable bonds is 8. The first-order valence-electron chi connectivity index (χ1n) is 8.95. The van der Waals surface area contributed by atoms with Crippen LogP contribution in [0.5, 0.6) is 17.2 Å². The largest absolute Gasteiger partial charge is 0.497 e. The van der Waals surface area contributed by atoms with E-state index < -0.39 is 11.9 Å². The normalized spacial score (nSPS) is 14.4. The highest BCUT2D eigenvalue weighted by molar-refractivity contribution is 5.81. The molecule has 144 valence electrons. The maximum atomic E-state index is 13.4. The van der Waals surface area contributed by atoms with Crippen LogP contribution in [0.15, 0.2) is 42.5 Å². The van der Waals surface area contributed by atoms with E-state index in [9.17, 15) is 9.18 Å². The molecule has 0 spiro atoms. The van der Waals surface area contributed by atoms with Crippen LogP contribution in [-0.2, 0) is 11.3 Å². The predicted octanol–water partition coefficient (Wildman–Crippen LogP) is 3.80. The lowest BCUT2D eigenvalue weighted by molar-refractivity contribution is -0.139. The summed E-state index contributed by atoms with van der Waals surface area (Å²) in [5, 5.41) is 0. The Hall–Kier alpha value is -2.76. The van der Waals surface area contributed by atoms with E-state index in [1.165, 1.54) is 12.1 Å². The Morgan fingerprint density at radius 2 is 1.93 bits per heavy atom. The van der Waals surface area contributed by atoms with Gasteiger partial charge in [-0.15, -0.1) is 0 Å². The minimum atomic E-state index is -0.719. The van der Waals surface area contributed by atoms with Crippen molar-refractivity contribution in [1.29, 1.82) is 0 Å². The van der Waals surface area contributed by atoms with Crippen molar-refractivity contribution in [3.05, 3.63) is 53.8 Å². The zero-order chi connectivity index (χ0) is 19.4. The standard InChI is InChI=1S/C21H24FNO4/c1-14(27-19-6-4-5-16(22)12-19)21(24)23(17-7-8-17)13-15-11-18(25-2)9-10-20(15)26-3/h4-6,9-12,14,17H,7-8,13H2,1-3H3. The van der Waals surface area contributed by atoms with Gasteiger partial charge in [-0.1, -0.05) is 6.07 Å². The molecule has 0 heterocycles. The molecule has 0 N–H and O–H groups in total. The van der Waals surface area contributed by atoms with E-state index in [1.54, 1.807) is 38.2 Å². The van der Waals surface area contributed by atoms with Crippen LogP contribution in [0.3, 0.4) is 0 Å². The summed E-state index contributed by atoms with van der Waals surface area (Å²) in [6.45, 7) is 2.09. The van der Waals surface area contributed by atoms with E-state index in [1.807, 2.05) is 18.2 Å². The zero-order valence-corrected chi connectivity index (χ0v) is 15.8. The number of amides is 1. The number of carbonyl (C=O) groups excluding carboxylic acids is 1. The van der Waals surface area contributed by atoms with Gasteiger partial charge >= 0.3 is 0 Å². The average Bonchev–Trinajstić information content (AvgIpc) is 3.50. The molecule has 1 aliphatic rings. The van der Waals surface area contributed by atoms with Crippen LogP contribution in [0.25, 0.3) is 0 Å². The van der Waals surface area contributed by atoms with E-state index >= 15 is 0 Å². The van der Waals surface area contributed by atoms with E-state index in [4.69, 9.17) is 14.2 Å². The summed E-state index contributed by atoms with van der Waals surface area (Å²) in [7, 11) is 3.20. The number of ether oxygens (including phenoxy) is 3. The molecule has 5 nitrogen and oxygen atoms in total. The fourth-order valence-corrected chi connectivity index (χ4v) is 2.99. The zero-order valence-electron chi connectivity index (χ0n) is 15.8. The van der Waals surface area contributed by atoms with Gasteiger partial charge in [0, 0.05) is 24.2 Å². The number of hydrogen-bond acceptors (Lipinski definition) is 4. The third kappa shape index (κ3) is 4.70. The molecule has 0 saturated heterocycles. The van der Waals surface area contributed by atoms with Crippen LogP contribution in [0.1, 0.15) is 25.3 Å². The Morgan fingerprint density at radius 3 is 2.56 bits per heavy atom. The second-order valence-electron chi connectivity index (χ2n) is 6.59. The summed E-state index contributed by atoms with van der Waals surface area (Å²) in [4.78, 5) is 14.8. The Labute approximate surface area is 158 Å². The van der Waals surface area contributed by atoms with Gasteiger partial charge in [-0.3, -0.25) is 4.79 Å². The van der Waals surface area contributed by atoms with Gasteiger partial charge in [-0.2, -0.15) is 0 Å². The number of hydrogen-bond donors (Lipinski definition) is 0.